The molecule has 138 valence electrons. The van der Waals surface area contributed by atoms with Crippen molar-refractivity contribution in [2.24, 2.45) is 17.8 Å². The van der Waals surface area contributed by atoms with Gasteiger partial charge in [-0.05, 0) is 54.6 Å². The zero-order chi connectivity index (χ0) is 18.2. The van der Waals surface area contributed by atoms with Crippen LogP contribution in [0.1, 0.15) is 57.6 Å². The Balaban J connectivity index is 1.73. The van der Waals surface area contributed by atoms with Gasteiger partial charge in [-0.3, -0.25) is 4.79 Å². The van der Waals surface area contributed by atoms with Crippen LogP contribution in [0.15, 0.2) is 24.3 Å². The first-order valence-electron chi connectivity index (χ1n) is 9.58. The molecule has 25 heavy (non-hydrogen) atoms. The van der Waals surface area contributed by atoms with E-state index < -0.39 is 11.2 Å². The van der Waals surface area contributed by atoms with E-state index in [4.69, 9.17) is 0 Å². The van der Waals surface area contributed by atoms with E-state index in [1.54, 1.807) is 0 Å². The molecule has 1 aromatic rings. The van der Waals surface area contributed by atoms with E-state index >= 15 is 0 Å². The smallest absolute Gasteiger partial charge is 0.252 e. The number of fused-ring (bicyclic) bond motifs is 1. The van der Waals surface area contributed by atoms with Gasteiger partial charge in [0.25, 0.3) is 5.91 Å². The standard InChI is InChI=1S/C21H31NO3/c1-14(2)17-9-8-15(3)12-21(17,25)19(23)22-13-20(24)11-10-16-6-4-5-7-18(16)20/h4-7,14-15,17,24-25H,8-13H2,1-3H3,(H,22,23)/t15-,17+,20+,21+/m1/s1. The predicted octanol–water partition coefficient (Wildman–Crippen LogP) is 2.76. The Morgan fingerprint density at radius 1 is 1.28 bits per heavy atom. The van der Waals surface area contributed by atoms with Gasteiger partial charge < -0.3 is 15.5 Å². The first-order chi connectivity index (χ1) is 11.8. The minimum absolute atomic E-state index is 0.0331. The molecular formula is C21H31NO3. The number of hydrogen-bond donors (Lipinski definition) is 3. The molecule has 2 aliphatic rings. The van der Waals surface area contributed by atoms with Crippen molar-refractivity contribution in [3.05, 3.63) is 35.4 Å². The molecule has 0 saturated heterocycles. The molecule has 0 bridgehead atoms. The van der Waals surface area contributed by atoms with Crippen molar-refractivity contribution in [1.82, 2.24) is 5.32 Å². The average Bonchev–Trinajstić information content (AvgIpc) is 2.90. The minimum atomic E-state index is -1.33. The number of carbonyl (C=O) groups excluding carboxylic acids is 1. The summed E-state index contributed by atoms with van der Waals surface area (Å²) in [5.41, 5.74) is -0.319. The Morgan fingerprint density at radius 3 is 2.72 bits per heavy atom. The molecular weight excluding hydrogens is 314 g/mol. The van der Waals surface area contributed by atoms with Crippen LogP contribution in [0.2, 0.25) is 0 Å². The fourth-order valence-corrected chi connectivity index (χ4v) is 4.86. The maximum atomic E-state index is 12.9. The lowest BCUT2D eigenvalue weighted by Gasteiger charge is -2.43. The van der Waals surface area contributed by atoms with Crippen molar-refractivity contribution in [2.45, 2.75) is 64.1 Å². The minimum Gasteiger partial charge on any atom is -0.383 e. The van der Waals surface area contributed by atoms with Crippen molar-refractivity contribution in [2.75, 3.05) is 6.54 Å². The van der Waals surface area contributed by atoms with Crippen LogP contribution in [0.4, 0.5) is 0 Å². The summed E-state index contributed by atoms with van der Waals surface area (Å²) in [6.45, 7) is 6.39. The third kappa shape index (κ3) is 3.34. The molecule has 4 heteroatoms. The number of amides is 1. The molecule has 2 aliphatic carbocycles. The van der Waals surface area contributed by atoms with Gasteiger partial charge in [-0.2, -0.15) is 0 Å². The quantitative estimate of drug-likeness (QED) is 0.786. The number of benzene rings is 1. The van der Waals surface area contributed by atoms with E-state index in [1.807, 2.05) is 24.3 Å². The second-order valence-corrected chi connectivity index (χ2v) is 8.53. The number of hydrogen-bond acceptors (Lipinski definition) is 3. The number of nitrogens with one attached hydrogen (secondary N) is 1. The summed E-state index contributed by atoms with van der Waals surface area (Å²) in [4.78, 5) is 12.9. The molecule has 4 nitrogen and oxygen atoms in total. The Kier molecular flexibility index (Phi) is 4.95. The lowest BCUT2D eigenvalue weighted by atomic mass is 9.66. The van der Waals surface area contributed by atoms with E-state index in [0.717, 1.165) is 30.4 Å². The van der Waals surface area contributed by atoms with E-state index in [1.165, 1.54) is 0 Å². The summed E-state index contributed by atoms with van der Waals surface area (Å²) in [7, 11) is 0. The number of rotatable bonds is 4. The largest absolute Gasteiger partial charge is 0.383 e. The van der Waals surface area contributed by atoms with E-state index in [9.17, 15) is 15.0 Å². The zero-order valence-corrected chi connectivity index (χ0v) is 15.6. The van der Waals surface area contributed by atoms with Crippen LogP contribution < -0.4 is 5.32 Å². The van der Waals surface area contributed by atoms with E-state index in [-0.39, 0.29) is 24.3 Å². The monoisotopic (exact) mass is 345 g/mol. The highest BCUT2D eigenvalue weighted by Gasteiger charge is 2.49. The van der Waals surface area contributed by atoms with Gasteiger partial charge in [-0.1, -0.05) is 51.5 Å². The highest BCUT2D eigenvalue weighted by molar-refractivity contribution is 5.85. The van der Waals surface area contributed by atoms with Crippen molar-refractivity contribution >= 4 is 5.91 Å². The van der Waals surface area contributed by atoms with Crippen LogP contribution in [0.3, 0.4) is 0 Å². The van der Waals surface area contributed by atoms with Crippen LogP contribution in [0.5, 0.6) is 0 Å². The lowest BCUT2D eigenvalue weighted by Crippen LogP contribution is -2.57. The fraction of sp³-hybridized carbons (Fsp3) is 0.667. The molecule has 3 N–H and O–H groups in total. The highest BCUT2D eigenvalue weighted by atomic mass is 16.3. The molecule has 1 fully saturated rings. The van der Waals surface area contributed by atoms with E-state index in [2.05, 4.69) is 26.1 Å². The first kappa shape index (κ1) is 18.4. The molecule has 0 radical (unpaired) electrons. The molecule has 4 atom stereocenters. The van der Waals surface area contributed by atoms with E-state index in [0.29, 0.717) is 18.8 Å². The van der Waals surface area contributed by atoms with Crippen LogP contribution in [0, 0.1) is 17.8 Å². The summed E-state index contributed by atoms with van der Waals surface area (Å²) in [5, 5.41) is 25.1. The molecule has 0 aromatic heterocycles. The molecule has 0 aliphatic heterocycles. The van der Waals surface area contributed by atoms with Gasteiger partial charge >= 0.3 is 0 Å². The Morgan fingerprint density at radius 2 is 2.00 bits per heavy atom. The van der Waals surface area contributed by atoms with Crippen LogP contribution in [-0.4, -0.2) is 28.3 Å². The Labute approximate surface area is 150 Å². The van der Waals surface area contributed by atoms with Crippen molar-refractivity contribution < 1.29 is 15.0 Å². The Bertz CT molecular complexity index is 644. The molecule has 3 rings (SSSR count). The van der Waals surface area contributed by atoms with Gasteiger partial charge in [0.2, 0.25) is 0 Å². The molecule has 0 spiro atoms. The third-order valence-electron chi connectivity index (χ3n) is 6.31. The maximum Gasteiger partial charge on any atom is 0.252 e. The fourth-order valence-electron chi connectivity index (χ4n) is 4.86. The predicted molar refractivity (Wildman–Crippen MR) is 98.0 cm³/mol. The van der Waals surface area contributed by atoms with Gasteiger partial charge in [-0.25, -0.2) is 0 Å². The van der Waals surface area contributed by atoms with Gasteiger partial charge in [0.15, 0.2) is 0 Å². The van der Waals surface area contributed by atoms with Gasteiger partial charge in [0.1, 0.15) is 11.2 Å². The molecule has 1 saturated carbocycles. The topological polar surface area (TPSA) is 69.6 Å². The second kappa shape index (κ2) is 6.73. The van der Waals surface area contributed by atoms with Gasteiger partial charge in [0.05, 0.1) is 6.54 Å². The maximum absolute atomic E-state index is 12.9. The van der Waals surface area contributed by atoms with Gasteiger partial charge in [0, 0.05) is 0 Å². The second-order valence-electron chi connectivity index (χ2n) is 8.53. The molecule has 1 amide bonds. The summed E-state index contributed by atoms with van der Waals surface area (Å²) in [5.74, 6) is 0.226. The van der Waals surface area contributed by atoms with Gasteiger partial charge in [-0.15, -0.1) is 0 Å². The highest BCUT2D eigenvalue weighted by Crippen LogP contribution is 2.42. The molecule has 0 unspecified atom stereocenters. The third-order valence-corrected chi connectivity index (χ3v) is 6.31. The lowest BCUT2D eigenvalue weighted by molar-refractivity contribution is -0.157. The van der Waals surface area contributed by atoms with Crippen LogP contribution in [-0.2, 0) is 16.8 Å². The molecule has 1 aromatic carbocycles. The summed E-state index contributed by atoms with van der Waals surface area (Å²) >= 11 is 0. The normalized spacial score (nSPS) is 34.8. The molecule has 0 heterocycles. The van der Waals surface area contributed by atoms with Crippen LogP contribution >= 0.6 is 0 Å². The summed E-state index contributed by atoms with van der Waals surface area (Å²) in [6.07, 6.45) is 3.84. The Hall–Kier alpha value is -1.39. The van der Waals surface area contributed by atoms with Crippen molar-refractivity contribution in [3.63, 3.8) is 0 Å². The number of aliphatic hydroxyl groups is 2. The van der Waals surface area contributed by atoms with Crippen molar-refractivity contribution in [1.29, 1.82) is 0 Å². The number of aryl methyl sites for hydroxylation is 1. The SMILES string of the molecule is CC(C)[C@@H]1CC[C@@H](C)C[C@@]1(O)C(=O)NC[C@@]1(O)CCc2ccccc21. The summed E-state index contributed by atoms with van der Waals surface area (Å²) in [6, 6.07) is 7.85. The van der Waals surface area contributed by atoms with Crippen molar-refractivity contribution in [3.8, 4) is 0 Å². The summed E-state index contributed by atoms with van der Waals surface area (Å²) < 4.78 is 0. The van der Waals surface area contributed by atoms with Crippen LogP contribution in [0.25, 0.3) is 0 Å². The average molecular weight is 345 g/mol. The number of carbonyl (C=O) groups is 1. The zero-order valence-electron chi connectivity index (χ0n) is 15.6. The first-order valence-corrected chi connectivity index (χ1v) is 9.58.